The van der Waals surface area contributed by atoms with Gasteiger partial charge in [0.15, 0.2) is 0 Å². The van der Waals surface area contributed by atoms with E-state index in [1.165, 1.54) is 24.1 Å². The van der Waals surface area contributed by atoms with E-state index >= 15 is 0 Å². The average Bonchev–Trinajstić information content (AvgIpc) is 3.34. The van der Waals surface area contributed by atoms with E-state index < -0.39 is 11.6 Å². The Balaban J connectivity index is 0.000000330. The van der Waals surface area contributed by atoms with E-state index in [2.05, 4.69) is 14.7 Å². The highest BCUT2D eigenvalue weighted by molar-refractivity contribution is 8.00. The van der Waals surface area contributed by atoms with Gasteiger partial charge in [-0.3, -0.25) is 14.5 Å². The number of hydrogen-bond donors (Lipinski definition) is 4. The summed E-state index contributed by atoms with van der Waals surface area (Å²) in [7, 11) is 0. The molecule has 5 N–H and O–H groups in total. The molecule has 222 valence electrons. The number of nitrogens with one attached hydrogen (secondary N) is 2. The molecule has 1 fully saturated rings. The molecule has 0 saturated carbocycles. The number of nitrogens with two attached hydrogens (primary N) is 1. The number of nitrogens with zero attached hydrogens (tertiary/aromatic N) is 2. The highest BCUT2D eigenvalue weighted by atomic mass is 32.2. The zero-order chi connectivity index (χ0) is 30.7. The van der Waals surface area contributed by atoms with Crippen molar-refractivity contribution >= 4 is 30.0 Å². The van der Waals surface area contributed by atoms with Crippen molar-refractivity contribution in [3.8, 4) is 11.3 Å². The third-order valence-corrected chi connectivity index (χ3v) is 6.49. The number of H-pyrrole nitrogens is 1. The predicted molar refractivity (Wildman–Crippen MR) is 164 cm³/mol. The summed E-state index contributed by atoms with van der Waals surface area (Å²) in [5.74, 6) is -0.683. The summed E-state index contributed by atoms with van der Waals surface area (Å²) < 4.78 is 8.18. The number of aromatic nitrogens is 2. The first-order chi connectivity index (χ1) is 19.3. The van der Waals surface area contributed by atoms with Gasteiger partial charge in [0.25, 0.3) is 5.56 Å². The van der Waals surface area contributed by atoms with Gasteiger partial charge in [0, 0.05) is 35.7 Å². The van der Waals surface area contributed by atoms with Gasteiger partial charge >= 0.3 is 12.1 Å². The molecule has 4 rings (SSSR count). The second-order valence-electron chi connectivity index (χ2n) is 10.3. The summed E-state index contributed by atoms with van der Waals surface area (Å²) in [4.78, 5) is 44.0. The summed E-state index contributed by atoms with van der Waals surface area (Å²) in [5, 5.41) is 9.06. The molecule has 1 amide bonds. The number of amides is 1. The largest absolute Gasteiger partial charge is 0.478 e. The average molecular weight is 584 g/mol. The second kappa shape index (κ2) is 15.2. The predicted octanol–water partition coefficient (Wildman–Crippen LogP) is 5.85. The van der Waals surface area contributed by atoms with Gasteiger partial charge in [0.2, 0.25) is 5.95 Å². The Hall–Kier alpha value is -3.83. The molecule has 1 aliphatic heterocycles. The lowest BCUT2D eigenvalue weighted by atomic mass is 10.00. The van der Waals surface area contributed by atoms with Gasteiger partial charge in [0.1, 0.15) is 5.60 Å². The number of carboxylic acid groups (broad SMARTS) is 1. The van der Waals surface area contributed by atoms with Crippen LogP contribution in [0.4, 0.5) is 10.7 Å². The van der Waals surface area contributed by atoms with Crippen LogP contribution in [0.2, 0.25) is 0 Å². The number of hydrogen-bond acceptors (Lipinski definition) is 8. The first-order valence-electron chi connectivity index (χ1n) is 13.5. The topological polar surface area (TPSA) is 151 Å². The number of carbonyl (C=O) groups excluding carboxylic acids is 1. The molecule has 0 aliphatic carbocycles. The van der Waals surface area contributed by atoms with Gasteiger partial charge in [-0.05, 0) is 82.3 Å². The molecule has 2 heterocycles. The maximum absolute atomic E-state index is 12.0. The Kier molecular flexibility index (Phi) is 12.4. The molecule has 1 saturated heterocycles. The minimum atomic E-state index is -0.990. The Bertz CT molecular complexity index is 1370. The quantitative estimate of drug-likeness (QED) is 0.271. The number of ether oxygens (including phenoxy) is 1. The van der Waals surface area contributed by atoms with Crippen molar-refractivity contribution in [1.29, 1.82) is 0 Å². The van der Waals surface area contributed by atoms with E-state index in [4.69, 9.17) is 15.6 Å². The van der Waals surface area contributed by atoms with Crippen LogP contribution in [0.1, 0.15) is 62.5 Å². The van der Waals surface area contributed by atoms with E-state index in [0.29, 0.717) is 23.1 Å². The molecule has 41 heavy (non-hydrogen) atoms. The van der Waals surface area contributed by atoms with Crippen LogP contribution in [-0.4, -0.2) is 56.8 Å². The number of aromatic carboxylic acids is 1. The van der Waals surface area contributed by atoms with Crippen molar-refractivity contribution in [2.24, 2.45) is 5.73 Å². The van der Waals surface area contributed by atoms with Gasteiger partial charge in [-0.25, -0.2) is 14.6 Å². The summed E-state index contributed by atoms with van der Waals surface area (Å²) >= 11 is 1.18. The molecule has 1 unspecified atom stereocenters. The molecule has 3 aromatic rings. The fourth-order valence-corrected chi connectivity index (χ4v) is 4.58. The Morgan fingerprint density at radius 2 is 1.76 bits per heavy atom. The van der Waals surface area contributed by atoms with Gasteiger partial charge in [0.05, 0.1) is 11.3 Å². The van der Waals surface area contributed by atoms with Crippen LogP contribution >= 0.6 is 11.9 Å². The zero-order valence-electron chi connectivity index (χ0n) is 24.8. The SMILES string of the molecule is CC.CC(C)(C)OC(=O)N1CCC(N)C1.Cc1cccc(C)c1-c1cc(=O)[nH]c(NSc2cccc(C(=O)O)c2)n1. The fourth-order valence-electron chi connectivity index (χ4n) is 3.93. The van der Waals surface area contributed by atoms with E-state index in [9.17, 15) is 14.4 Å². The maximum Gasteiger partial charge on any atom is 0.410 e. The van der Waals surface area contributed by atoms with Gasteiger partial charge in [-0.2, -0.15) is 0 Å². The summed E-state index contributed by atoms with van der Waals surface area (Å²) in [5.41, 5.74) is 8.79. The highest BCUT2D eigenvalue weighted by Gasteiger charge is 2.27. The Morgan fingerprint density at radius 3 is 2.32 bits per heavy atom. The van der Waals surface area contributed by atoms with Crippen LogP contribution in [0.15, 0.2) is 58.2 Å². The fraction of sp³-hybridized carbons (Fsp3) is 0.400. The number of carbonyl (C=O) groups is 2. The molecule has 11 heteroatoms. The third-order valence-electron chi connectivity index (χ3n) is 5.70. The Morgan fingerprint density at radius 1 is 1.12 bits per heavy atom. The van der Waals surface area contributed by atoms with Crippen LogP contribution in [0.25, 0.3) is 11.3 Å². The lowest BCUT2D eigenvalue weighted by molar-refractivity contribution is 0.0292. The van der Waals surface area contributed by atoms with E-state index in [0.717, 1.165) is 29.7 Å². The third kappa shape index (κ3) is 10.6. The van der Waals surface area contributed by atoms with Gasteiger partial charge in [-0.15, -0.1) is 0 Å². The minimum Gasteiger partial charge on any atom is -0.478 e. The number of rotatable bonds is 5. The molecule has 2 aromatic carbocycles. The van der Waals surface area contributed by atoms with E-state index in [-0.39, 0.29) is 23.3 Å². The van der Waals surface area contributed by atoms with Crippen LogP contribution in [0.3, 0.4) is 0 Å². The van der Waals surface area contributed by atoms with Gasteiger partial charge < -0.3 is 20.5 Å². The number of likely N-dealkylation sites (tertiary alicyclic amines) is 1. The highest BCUT2D eigenvalue weighted by Crippen LogP contribution is 2.26. The number of aromatic amines is 1. The standard InChI is InChI=1S/C19H17N3O3S.C9H18N2O2.C2H6/c1-11-5-3-6-12(2)17(11)15-10-16(23)21-19(20-15)22-26-14-8-4-7-13(9-14)18(24)25;1-9(2,3)13-8(12)11-5-4-7(10)6-11;1-2/h3-10H,1-2H3,(H,24,25)(H2,20,21,22,23);7H,4-6,10H2,1-3H3;1-2H3. The van der Waals surface area contributed by atoms with Crippen molar-refractivity contribution in [3.63, 3.8) is 0 Å². The zero-order valence-corrected chi connectivity index (χ0v) is 25.6. The molecule has 1 atom stereocenters. The Labute approximate surface area is 245 Å². The van der Waals surface area contributed by atoms with Crippen molar-refractivity contribution in [2.75, 3.05) is 17.8 Å². The van der Waals surface area contributed by atoms with Crippen LogP contribution in [0, 0.1) is 13.8 Å². The summed E-state index contributed by atoms with van der Waals surface area (Å²) in [6, 6.07) is 14.0. The lowest BCUT2D eigenvalue weighted by Crippen LogP contribution is -2.36. The lowest BCUT2D eigenvalue weighted by Gasteiger charge is -2.24. The van der Waals surface area contributed by atoms with Crippen molar-refractivity contribution < 1.29 is 19.4 Å². The summed E-state index contributed by atoms with van der Waals surface area (Å²) in [6.45, 7) is 14.9. The van der Waals surface area contributed by atoms with Crippen LogP contribution in [0.5, 0.6) is 0 Å². The second-order valence-corrected chi connectivity index (χ2v) is 11.1. The molecular weight excluding hydrogens is 542 g/mol. The number of benzene rings is 2. The van der Waals surface area contributed by atoms with Crippen LogP contribution in [-0.2, 0) is 4.74 Å². The van der Waals surface area contributed by atoms with Crippen molar-refractivity contribution in [3.05, 3.63) is 75.6 Å². The smallest absolute Gasteiger partial charge is 0.410 e. The van der Waals surface area contributed by atoms with Crippen molar-refractivity contribution in [1.82, 2.24) is 14.9 Å². The molecule has 1 aromatic heterocycles. The monoisotopic (exact) mass is 583 g/mol. The molecule has 0 radical (unpaired) electrons. The number of carboxylic acids is 1. The van der Waals surface area contributed by atoms with E-state index in [1.54, 1.807) is 23.1 Å². The van der Waals surface area contributed by atoms with Gasteiger partial charge in [-0.1, -0.05) is 38.1 Å². The molecule has 1 aliphatic rings. The normalized spacial score (nSPS) is 14.2. The number of aryl methyl sites for hydroxylation is 2. The summed E-state index contributed by atoms with van der Waals surface area (Å²) in [6.07, 6.45) is 0.625. The molecule has 0 bridgehead atoms. The molecular formula is C30H41N5O5S. The van der Waals surface area contributed by atoms with E-state index in [1.807, 2.05) is 66.7 Å². The molecule has 10 nitrogen and oxygen atoms in total. The molecule has 0 spiro atoms. The van der Waals surface area contributed by atoms with Crippen LogP contribution < -0.4 is 16.0 Å². The van der Waals surface area contributed by atoms with Crippen molar-refractivity contribution in [2.45, 2.75) is 71.4 Å². The maximum atomic E-state index is 12.0. The first-order valence-corrected chi connectivity index (χ1v) is 14.3. The first kappa shape index (κ1) is 33.4. The minimum absolute atomic E-state index is 0.118. The number of anilines is 1.